The van der Waals surface area contributed by atoms with Gasteiger partial charge in [0.25, 0.3) is 0 Å². The molecule has 2 N–H and O–H groups in total. The average molecular weight is 309 g/mol. The van der Waals surface area contributed by atoms with Gasteiger partial charge < -0.3 is 14.9 Å². The smallest absolute Gasteiger partial charge is 0.0900 e. The summed E-state index contributed by atoms with van der Waals surface area (Å²) in [6.45, 7) is 8.05. The highest BCUT2D eigenvalue weighted by molar-refractivity contribution is 5.23. The number of β-amino-alcohol motifs (C(OH)–C–C–N with tert-alkyl or cyclic N) is 2. The molecule has 3 aliphatic carbocycles. The van der Waals surface area contributed by atoms with Crippen molar-refractivity contribution in [3.8, 4) is 0 Å². The maximum atomic E-state index is 10.1. The van der Waals surface area contributed by atoms with Gasteiger partial charge in [0.05, 0.1) is 25.4 Å². The first-order chi connectivity index (χ1) is 10.5. The Morgan fingerprint density at radius 2 is 2.27 bits per heavy atom. The van der Waals surface area contributed by atoms with Gasteiger partial charge >= 0.3 is 0 Å². The van der Waals surface area contributed by atoms with E-state index in [2.05, 4.69) is 24.8 Å². The predicted molar refractivity (Wildman–Crippen MR) is 86.6 cm³/mol. The highest BCUT2D eigenvalue weighted by atomic mass is 16.5. The third-order valence-electron chi connectivity index (χ3n) is 6.11. The monoisotopic (exact) mass is 309 g/mol. The average Bonchev–Trinajstić information content (AvgIpc) is 2.47. The largest absolute Gasteiger partial charge is 0.392 e. The molecule has 0 aromatic carbocycles. The van der Waals surface area contributed by atoms with Crippen LogP contribution in [-0.4, -0.2) is 60.2 Å². The van der Waals surface area contributed by atoms with Crippen LogP contribution < -0.4 is 0 Å². The summed E-state index contributed by atoms with van der Waals surface area (Å²) in [7, 11) is 0. The van der Waals surface area contributed by atoms with E-state index in [0.717, 1.165) is 25.3 Å². The van der Waals surface area contributed by atoms with Gasteiger partial charge in [-0.1, -0.05) is 19.9 Å². The first-order valence-electron chi connectivity index (χ1n) is 8.82. The van der Waals surface area contributed by atoms with Crippen molar-refractivity contribution in [2.24, 2.45) is 17.3 Å². The molecule has 22 heavy (non-hydrogen) atoms. The minimum atomic E-state index is -0.461. The molecule has 4 nitrogen and oxygen atoms in total. The van der Waals surface area contributed by atoms with Crippen LogP contribution >= 0.6 is 0 Å². The number of nitrogens with zero attached hydrogens (tertiary/aromatic N) is 1. The molecule has 1 saturated heterocycles. The number of ether oxygens (including phenoxy) is 1. The summed E-state index contributed by atoms with van der Waals surface area (Å²) in [5, 5.41) is 19.8. The van der Waals surface area contributed by atoms with Crippen molar-refractivity contribution in [2.45, 2.75) is 51.7 Å². The van der Waals surface area contributed by atoms with Gasteiger partial charge in [-0.05, 0) is 55.1 Å². The second-order valence-electron chi connectivity index (χ2n) is 8.05. The number of aliphatic hydroxyl groups excluding tert-OH is 2. The molecular formula is C18H31NO3. The Kier molecular flexibility index (Phi) is 4.93. The third-order valence-corrected chi connectivity index (χ3v) is 6.11. The summed E-state index contributed by atoms with van der Waals surface area (Å²) in [5.74, 6) is 1.54. The molecule has 0 radical (unpaired) electrons. The van der Waals surface area contributed by atoms with E-state index in [-0.39, 0.29) is 6.10 Å². The number of rotatable bonds is 6. The molecule has 4 atom stereocenters. The van der Waals surface area contributed by atoms with Gasteiger partial charge in [-0.15, -0.1) is 0 Å². The van der Waals surface area contributed by atoms with Gasteiger partial charge in [-0.25, -0.2) is 0 Å². The summed E-state index contributed by atoms with van der Waals surface area (Å²) < 4.78 is 5.78. The highest BCUT2D eigenvalue weighted by Gasteiger charge is 2.50. The van der Waals surface area contributed by atoms with Crippen molar-refractivity contribution in [2.75, 3.05) is 32.8 Å². The van der Waals surface area contributed by atoms with Crippen LogP contribution in [-0.2, 0) is 4.74 Å². The molecular weight excluding hydrogens is 278 g/mol. The molecule has 126 valence electrons. The summed E-state index contributed by atoms with van der Waals surface area (Å²) in [6.07, 6.45) is 6.07. The molecule has 0 amide bonds. The molecule has 1 heterocycles. The highest BCUT2D eigenvalue weighted by Crippen LogP contribution is 2.59. The molecule has 4 heteroatoms. The van der Waals surface area contributed by atoms with E-state index in [1.54, 1.807) is 0 Å². The lowest BCUT2D eigenvalue weighted by atomic mass is 9.49. The van der Waals surface area contributed by atoms with Gasteiger partial charge in [0.1, 0.15) is 0 Å². The molecule has 4 aliphatic rings. The lowest BCUT2D eigenvalue weighted by Crippen LogP contribution is -2.48. The number of aliphatic hydroxyl groups is 2. The lowest BCUT2D eigenvalue weighted by molar-refractivity contribution is -0.0290. The van der Waals surface area contributed by atoms with Crippen molar-refractivity contribution < 1.29 is 14.9 Å². The summed E-state index contributed by atoms with van der Waals surface area (Å²) in [6, 6.07) is 0. The zero-order valence-corrected chi connectivity index (χ0v) is 14.0. The summed E-state index contributed by atoms with van der Waals surface area (Å²) in [4.78, 5) is 2.14. The van der Waals surface area contributed by atoms with Gasteiger partial charge in [0.15, 0.2) is 0 Å². The Morgan fingerprint density at radius 1 is 1.45 bits per heavy atom. The molecule has 2 bridgehead atoms. The SMILES string of the molecule is CC1(C)[C@H]2CC=C(COC[C@@H](O)CN3CCC[C@@H](O)C3)[C@H]1C2. The predicted octanol–water partition coefficient (Wildman–Crippen LogP) is 1.81. The maximum Gasteiger partial charge on any atom is 0.0900 e. The van der Waals surface area contributed by atoms with Gasteiger partial charge in [-0.3, -0.25) is 4.90 Å². The Labute approximate surface area is 134 Å². The van der Waals surface area contributed by atoms with Crippen LogP contribution in [0.1, 0.15) is 39.5 Å². The Balaban J connectivity index is 1.37. The van der Waals surface area contributed by atoms with E-state index < -0.39 is 6.10 Å². The number of fused-ring (bicyclic) bond motifs is 1. The minimum absolute atomic E-state index is 0.233. The number of hydrogen-bond acceptors (Lipinski definition) is 4. The van der Waals surface area contributed by atoms with Crippen LogP contribution in [0.4, 0.5) is 0 Å². The van der Waals surface area contributed by atoms with Crippen molar-refractivity contribution in [3.63, 3.8) is 0 Å². The van der Waals surface area contributed by atoms with E-state index in [9.17, 15) is 10.2 Å². The number of hydrogen-bond donors (Lipinski definition) is 2. The standard InChI is InChI=1S/C18H31NO3/c1-18(2)14-6-5-13(17(18)8-14)11-22-12-16(21)10-19-7-3-4-15(20)9-19/h5,14-17,20-21H,3-4,6-12H2,1-2H3/t14-,15+,16-,17+/m0/s1. The minimum Gasteiger partial charge on any atom is -0.392 e. The van der Waals surface area contributed by atoms with E-state index in [0.29, 0.717) is 37.6 Å². The molecule has 0 aromatic rings. The van der Waals surface area contributed by atoms with Gasteiger partial charge in [-0.2, -0.15) is 0 Å². The van der Waals surface area contributed by atoms with Crippen LogP contribution in [0.2, 0.25) is 0 Å². The van der Waals surface area contributed by atoms with E-state index in [1.165, 1.54) is 18.4 Å². The zero-order valence-electron chi connectivity index (χ0n) is 14.0. The fourth-order valence-corrected chi connectivity index (χ4v) is 4.50. The van der Waals surface area contributed by atoms with Gasteiger partial charge in [0.2, 0.25) is 0 Å². The lowest BCUT2D eigenvalue weighted by Gasteiger charge is -2.56. The number of allylic oxidation sites excluding steroid dienone is 1. The van der Waals surface area contributed by atoms with Crippen molar-refractivity contribution >= 4 is 0 Å². The fraction of sp³-hybridized carbons (Fsp3) is 0.889. The fourth-order valence-electron chi connectivity index (χ4n) is 4.50. The molecule has 1 saturated carbocycles. The molecule has 2 fully saturated rings. The third kappa shape index (κ3) is 3.40. The second kappa shape index (κ2) is 6.60. The first-order valence-corrected chi connectivity index (χ1v) is 8.82. The van der Waals surface area contributed by atoms with Crippen molar-refractivity contribution in [1.29, 1.82) is 0 Å². The van der Waals surface area contributed by atoms with Crippen LogP contribution in [0, 0.1) is 17.3 Å². The molecule has 1 aliphatic heterocycles. The summed E-state index contributed by atoms with van der Waals surface area (Å²) in [5.41, 5.74) is 1.88. The number of likely N-dealkylation sites (tertiary alicyclic amines) is 1. The number of piperidine rings is 1. The molecule has 0 unspecified atom stereocenters. The Morgan fingerprint density at radius 3 is 2.95 bits per heavy atom. The molecule has 0 aromatic heterocycles. The summed E-state index contributed by atoms with van der Waals surface area (Å²) >= 11 is 0. The van der Waals surface area contributed by atoms with Crippen LogP contribution in [0.15, 0.2) is 11.6 Å². The van der Waals surface area contributed by atoms with E-state index in [1.807, 2.05) is 0 Å². The normalized spacial score (nSPS) is 35.6. The first kappa shape index (κ1) is 16.4. The zero-order chi connectivity index (χ0) is 15.7. The van der Waals surface area contributed by atoms with Crippen molar-refractivity contribution in [3.05, 3.63) is 11.6 Å². The van der Waals surface area contributed by atoms with Crippen molar-refractivity contribution in [1.82, 2.24) is 4.90 Å². The van der Waals surface area contributed by atoms with E-state index in [4.69, 9.17) is 4.74 Å². The Bertz CT molecular complexity index is 421. The van der Waals surface area contributed by atoms with Crippen LogP contribution in [0.3, 0.4) is 0 Å². The Hall–Kier alpha value is -0.420. The van der Waals surface area contributed by atoms with E-state index >= 15 is 0 Å². The van der Waals surface area contributed by atoms with Crippen LogP contribution in [0.25, 0.3) is 0 Å². The maximum absolute atomic E-state index is 10.1. The van der Waals surface area contributed by atoms with Gasteiger partial charge in [0, 0.05) is 13.1 Å². The second-order valence-corrected chi connectivity index (χ2v) is 8.05. The molecule has 0 spiro atoms. The topological polar surface area (TPSA) is 52.9 Å². The van der Waals surface area contributed by atoms with Crippen LogP contribution in [0.5, 0.6) is 0 Å². The quantitative estimate of drug-likeness (QED) is 0.735. The molecule has 4 rings (SSSR count).